The van der Waals surface area contributed by atoms with Gasteiger partial charge in [-0.15, -0.1) is 0 Å². The highest BCUT2D eigenvalue weighted by Crippen LogP contribution is 2.52. The van der Waals surface area contributed by atoms with Crippen LogP contribution in [0.5, 0.6) is 0 Å². The SMILES string of the molecule is Cc1ccc(-c2oc3ccccc3c3c(-c4ccc(Cl)cc4)c4ccccc4c2-3)cc1. The Kier molecular flexibility index (Phi) is 4.12. The van der Waals surface area contributed by atoms with Crippen LogP contribution in [0.25, 0.3) is 55.3 Å². The molecule has 2 aliphatic rings. The standard InChI is InChI=1S/C29H19ClO/c1-18-10-12-20(13-11-18)29-28-23-7-3-2-6-22(23)26(19-14-16-21(30)17-15-19)27(28)24-8-4-5-9-25(24)31-29/h2-17H,1H3. The molecule has 0 atom stereocenters. The van der Waals surface area contributed by atoms with Gasteiger partial charge in [-0.2, -0.15) is 0 Å². The van der Waals surface area contributed by atoms with Gasteiger partial charge in [-0.25, -0.2) is 0 Å². The molecule has 0 unspecified atom stereocenters. The van der Waals surface area contributed by atoms with E-state index in [1.807, 2.05) is 18.2 Å². The predicted octanol–water partition coefficient (Wildman–Crippen LogP) is 8.99. The van der Waals surface area contributed by atoms with Crippen molar-refractivity contribution in [2.45, 2.75) is 6.92 Å². The van der Waals surface area contributed by atoms with Crippen molar-refractivity contribution in [3.8, 4) is 33.6 Å². The van der Waals surface area contributed by atoms with Crippen LogP contribution in [0.4, 0.5) is 0 Å². The second-order valence-electron chi connectivity index (χ2n) is 7.97. The number of para-hydroxylation sites is 1. The Labute approximate surface area is 185 Å². The van der Waals surface area contributed by atoms with Crippen LogP contribution >= 0.6 is 11.6 Å². The summed E-state index contributed by atoms with van der Waals surface area (Å²) in [6.07, 6.45) is 0. The van der Waals surface area contributed by atoms with Gasteiger partial charge in [-0.05, 0) is 47.0 Å². The number of hydrogen-bond donors (Lipinski definition) is 0. The summed E-state index contributed by atoms with van der Waals surface area (Å²) in [5, 5.41) is 4.28. The van der Waals surface area contributed by atoms with E-state index < -0.39 is 0 Å². The van der Waals surface area contributed by atoms with Crippen LogP contribution in [0.1, 0.15) is 5.56 Å². The van der Waals surface area contributed by atoms with E-state index in [2.05, 4.69) is 85.8 Å². The molecular weight excluding hydrogens is 400 g/mol. The van der Waals surface area contributed by atoms with Crippen molar-refractivity contribution in [2.24, 2.45) is 0 Å². The number of fused-ring (bicyclic) bond motifs is 5. The average Bonchev–Trinajstić information content (AvgIpc) is 3.15. The average molecular weight is 419 g/mol. The highest BCUT2D eigenvalue weighted by Gasteiger charge is 2.26. The molecule has 0 spiro atoms. The molecule has 0 saturated carbocycles. The molecular formula is C29H19ClO. The van der Waals surface area contributed by atoms with Gasteiger partial charge in [0.25, 0.3) is 0 Å². The zero-order chi connectivity index (χ0) is 20.9. The summed E-state index contributed by atoms with van der Waals surface area (Å²) in [6.45, 7) is 2.10. The van der Waals surface area contributed by atoms with Crippen LogP contribution in [0.15, 0.2) is 101 Å². The number of aryl methyl sites for hydroxylation is 1. The zero-order valence-electron chi connectivity index (χ0n) is 17.0. The minimum absolute atomic E-state index is 0.740. The van der Waals surface area contributed by atoms with Crippen molar-refractivity contribution in [2.75, 3.05) is 0 Å². The molecule has 1 aliphatic carbocycles. The highest BCUT2D eigenvalue weighted by molar-refractivity contribution is 6.30. The van der Waals surface area contributed by atoms with Crippen molar-refractivity contribution in [1.29, 1.82) is 0 Å². The van der Waals surface area contributed by atoms with Gasteiger partial charge in [-0.1, -0.05) is 96.0 Å². The first-order valence-electron chi connectivity index (χ1n) is 10.4. The molecule has 0 radical (unpaired) electrons. The molecule has 0 N–H and O–H groups in total. The number of hydrogen-bond acceptors (Lipinski definition) is 1. The lowest BCUT2D eigenvalue weighted by molar-refractivity contribution is 0.622. The number of benzene rings is 4. The Morgan fingerprint density at radius 1 is 0.548 bits per heavy atom. The Morgan fingerprint density at radius 2 is 1.13 bits per heavy atom. The second kappa shape index (κ2) is 7.01. The topological polar surface area (TPSA) is 13.1 Å². The summed E-state index contributed by atoms with van der Waals surface area (Å²) in [5.41, 5.74) is 7.96. The van der Waals surface area contributed by atoms with Crippen molar-refractivity contribution < 1.29 is 4.42 Å². The molecule has 1 nitrogen and oxygen atoms in total. The van der Waals surface area contributed by atoms with E-state index in [9.17, 15) is 0 Å². The number of rotatable bonds is 2. The fraction of sp³-hybridized carbons (Fsp3) is 0.0345. The minimum atomic E-state index is 0.740. The van der Waals surface area contributed by atoms with Gasteiger partial charge < -0.3 is 4.42 Å². The van der Waals surface area contributed by atoms with Gasteiger partial charge >= 0.3 is 0 Å². The number of halogens is 1. The monoisotopic (exact) mass is 418 g/mol. The molecule has 0 amide bonds. The molecule has 6 rings (SSSR count). The Morgan fingerprint density at radius 3 is 1.84 bits per heavy atom. The van der Waals surface area contributed by atoms with Crippen molar-refractivity contribution in [3.05, 3.63) is 108 Å². The van der Waals surface area contributed by atoms with E-state index in [4.69, 9.17) is 16.0 Å². The Bertz CT molecular complexity index is 1520. The summed E-state index contributed by atoms with van der Waals surface area (Å²) in [6, 6.07) is 33.6. The lowest BCUT2D eigenvalue weighted by Gasteiger charge is -2.14. The normalized spacial score (nSPS) is 11.5. The second-order valence-corrected chi connectivity index (χ2v) is 8.41. The van der Waals surface area contributed by atoms with Gasteiger partial charge in [0, 0.05) is 27.1 Å². The quantitative estimate of drug-likeness (QED) is 0.273. The maximum atomic E-state index is 6.56. The van der Waals surface area contributed by atoms with Crippen molar-refractivity contribution in [3.63, 3.8) is 0 Å². The highest BCUT2D eigenvalue weighted by atomic mass is 35.5. The molecule has 1 heterocycles. The van der Waals surface area contributed by atoms with Crippen LogP contribution < -0.4 is 0 Å². The van der Waals surface area contributed by atoms with Gasteiger partial charge in [0.05, 0.1) is 0 Å². The van der Waals surface area contributed by atoms with Gasteiger partial charge in [-0.3, -0.25) is 0 Å². The molecule has 1 aliphatic heterocycles. The molecule has 4 aromatic rings. The van der Waals surface area contributed by atoms with E-state index in [0.717, 1.165) is 38.4 Å². The van der Waals surface area contributed by atoms with E-state index in [-0.39, 0.29) is 0 Å². The summed E-state index contributed by atoms with van der Waals surface area (Å²) >= 11 is 6.21. The van der Waals surface area contributed by atoms with Crippen LogP contribution in [0.2, 0.25) is 5.02 Å². The molecule has 2 heteroatoms. The van der Waals surface area contributed by atoms with E-state index in [0.29, 0.717) is 0 Å². The maximum absolute atomic E-state index is 6.56. The molecule has 0 aromatic heterocycles. The van der Waals surface area contributed by atoms with Crippen molar-refractivity contribution >= 4 is 33.3 Å². The molecule has 4 aromatic carbocycles. The molecule has 148 valence electrons. The first-order chi connectivity index (χ1) is 15.2. The van der Waals surface area contributed by atoms with E-state index >= 15 is 0 Å². The zero-order valence-corrected chi connectivity index (χ0v) is 17.8. The van der Waals surface area contributed by atoms with Gasteiger partial charge in [0.1, 0.15) is 11.3 Å². The van der Waals surface area contributed by atoms with Crippen LogP contribution in [-0.4, -0.2) is 0 Å². The van der Waals surface area contributed by atoms with Gasteiger partial charge in [0.15, 0.2) is 0 Å². The predicted molar refractivity (Wildman–Crippen MR) is 131 cm³/mol. The summed E-state index contributed by atoms with van der Waals surface area (Å²) in [7, 11) is 0. The fourth-order valence-corrected chi connectivity index (χ4v) is 4.69. The summed E-state index contributed by atoms with van der Waals surface area (Å²) in [5.74, 6) is 0.908. The first-order valence-corrected chi connectivity index (χ1v) is 10.8. The van der Waals surface area contributed by atoms with Crippen molar-refractivity contribution in [1.82, 2.24) is 0 Å². The third-order valence-corrected chi connectivity index (χ3v) is 6.26. The fourth-order valence-electron chi connectivity index (χ4n) is 4.57. The molecule has 0 bridgehead atoms. The van der Waals surface area contributed by atoms with Crippen LogP contribution in [0, 0.1) is 6.92 Å². The maximum Gasteiger partial charge on any atom is 0.143 e. The van der Waals surface area contributed by atoms with Gasteiger partial charge in [0.2, 0.25) is 0 Å². The molecule has 0 saturated heterocycles. The van der Waals surface area contributed by atoms with E-state index in [1.165, 1.54) is 27.5 Å². The Hall–Kier alpha value is -3.55. The third kappa shape index (κ3) is 2.85. The smallest absolute Gasteiger partial charge is 0.143 e. The first kappa shape index (κ1) is 18.2. The van der Waals surface area contributed by atoms with Crippen LogP contribution in [0.3, 0.4) is 0 Å². The molecule has 31 heavy (non-hydrogen) atoms. The van der Waals surface area contributed by atoms with E-state index in [1.54, 1.807) is 0 Å². The summed E-state index contributed by atoms with van der Waals surface area (Å²) < 4.78 is 6.56. The minimum Gasteiger partial charge on any atom is -0.455 e. The molecule has 0 fully saturated rings. The Balaban J connectivity index is 1.82. The summed E-state index contributed by atoms with van der Waals surface area (Å²) in [4.78, 5) is 0. The largest absolute Gasteiger partial charge is 0.455 e. The third-order valence-electron chi connectivity index (χ3n) is 6.01. The lowest BCUT2D eigenvalue weighted by atomic mass is 9.94. The lowest BCUT2D eigenvalue weighted by Crippen LogP contribution is -1.89. The van der Waals surface area contributed by atoms with Crippen LogP contribution in [-0.2, 0) is 0 Å².